The van der Waals surface area contributed by atoms with Gasteiger partial charge < -0.3 is 9.53 Å². The third-order valence-corrected chi connectivity index (χ3v) is 12.2. The Morgan fingerprint density at radius 3 is 2.22 bits per heavy atom. The van der Waals surface area contributed by atoms with E-state index < -0.39 is 36.2 Å². The first-order valence-electron chi connectivity index (χ1n) is 12.0. The van der Waals surface area contributed by atoms with E-state index >= 15 is 0 Å². The molecule has 0 amide bonds. The average molecular weight is 552 g/mol. The summed E-state index contributed by atoms with van der Waals surface area (Å²) >= 11 is 0. The molecule has 0 spiro atoms. The second-order valence-electron chi connectivity index (χ2n) is 10.9. The number of rotatable bonds is 10. The zero-order valence-corrected chi connectivity index (χ0v) is 24.9. The topological polar surface area (TPSA) is 110 Å². The number of benzene rings is 1. The molecule has 0 bridgehead atoms. The maximum absolute atomic E-state index is 13.7. The molecule has 0 saturated carbocycles. The Kier molecular flexibility index (Phi) is 9.43. The first kappa shape index (κ1) is 30.6. The van der Waals surface area contributed by atoms with E-state index in [-0.39, 0.29) is 23.3 Å². The minimum Gasteiger partial charge on any atom is -0.481 e. The molecule has 1 heterocycles. The Hall–Kier alpha value is -2.63. The average Bonchev–Trinajstić information content (AvgIpc) is 2.75. The van der Waals surface area contributed by atoms with Crippen LogP contribution in [0.3, 0.4) is 0 Å². The molecule has 8 nitrogen and oxygen atoms in total. The summed E-state index contributed by atoms with van der Waals surface area (Å²) in [5.41, 5.74) is 2.12. The summed E-state index contributed by atoms with van der Waals surface area (Å²) in [7, 11) is -4.57. The number of carboxylic acids is 1. The van der Waals surface area contributed by atoms with E-state index in [4.69, 9.17) is 4.43 Å². The van der Waals surface area contributed by atoms with Gasteiger partial charge in [-0.1, -0.05) is 46.8 Å². The predicted molar refractivity (Wildman–Crippen MR) is 148 cm³/mol. The molecule has 1 aromatic heterocycles. The molecule has 1 N–H and O–H groups in total. The lowest BCUT2D eigenvalue weighted by Gasteiger charge is -2.38. The molecule has 1 aromatic carbocycles. The van der Waals surface area contributed by atoms with Gasteiger partial charge in [0.1, 0.15) is 5.82 Å². The van der Waals surface area contributed by atoms with Gasteiger partial charge in [0.25, 0.3) is 0 Å². The van der Waals surface area contributed by atoms with Crippen LogP contribution in [0.5, 0.6) is 0 Å². The van der Waals surface area contributed by atoms with Crippen molar-refractivity contribution in [2.24, 2.45) is 0 Å². The van der Waals surface area contributed by atoms with Crippen LogP contribution in [0.2, 0.25) is 18.1 Å². The fourth-order valence-electron chi connectivity index (χ4n) is 3.28. The van der Waals surface area contributed by atoms with E-state index in [2.05, 4.69) is 43.8 Å². The summed E-state index contributed by atoms with van der Waals surface area (Å²) < 4.78 is 45.6. The molecule has 0 unspecified atom stereocenters. The van der Waals surface area contributed by atoms with Crippen LogP contribution in [0.1, 0.15) is 58.2 Å². The number of anilines is 1. The van der Waals surface area contributed by atoms with Crippen molar-refractivity contribution in [3.05, 3.63) is 47.4 Å². The zero-order chi connectivity index (χ0) is 28.3. The quantitative estimate of drug-likeness (QED) is 0.378. The Morgan fingerprint density at radius 2 is 1.76 bits per heavy atom. The Balaban J connectivity index is 2.76. The van der Waals surface area contributed by atoms with E-state index in [0.717, 1.165) is 10.6 Å². The van der Waals surface area contributed by atoms with Crippen molar-refractivity contribution in [2.45, 2.75) is 71.2 Å². The van der Waals surface area contributed by atoms with Gasteiger partial charge in [0, 0.05) is 18.2 Å². The van der Waals surface area contributed by atoms with Gasteiger partial charge in [0.2, 0.25) is 16.0 Å². The van der Waals surface area contributed by atoms with Crippen molar-refractivity contribution in [3.8, 4) is 11.3 Å². The first-order chi connectivity index (χ1) is 16.8. The highest BCUT2D eigenvalue weighted by Gasteiger charge is 2.39. The van der Waals surface area contributed by atoms with Crippen LogP contribution in [-0.2, 0) is 19.2 Å². The van der Waals surface area contributed by atoms with Gasteiger partial charge in [0.05, 0.1) is 30.2 Å². The van der Waals surface area contributed by atoms with Gasteiger partial charge in [-0.3, -0.25) is 4.79 Å². The molecular formula is C26H38FN3O5SSi. The summed E-state index contributed by atoms with van der Waals surface area (Å²) in [5, 5.41) is 9.41. The van der Waals surface area contributed by atoms with Crippen LogP contribution in [0.15, 0.2) is 30.3 Å². The zero-order valence-electron chi connectivity index (χ0n) is 23.0. The lowest BCUT2D eigenvalue weighted by atomic mass is 9.97. The molecule has 0 aliphatic heterocycles. The molecule has 11 heteroatoms. The number of carbonyl (C=O) groups is 1. The highest BCUT2D eigenvalue weighted by atomic mass is 32.2. The largest absolute Gasteiger partial charge is 0.481 e. The number of carboxylic acid groups (broad SMARTS) is 1. The predicted octanol–water partition coefficient (Wildman–Crippen LogP) is 5.68. The molecule has 0 aliphatic carbocycles. The van der Waals surface area contributed by atoms with Crippen LogP contribution in [-0.4, -0.2) is 57.2 Å². The summed E-state index contributed by atoms with van der Waals surface area (Å²) in [5.74, 6) is -1.55. The number of aromatic nitrogens is 2. The first-order valence-corrected chi connectivity index (χ1v) is 16.8. The van der Waals surface area contributed by atoms with Crippen LogP contribution in [0.4, 0.5) is 10.3 Å². The van der Waals surface area contributed by atoms with Crippen LogP contribution in [0, 0.1) is 5.82 Å². The van der Waals surface area contributed by atoms with E-state index in [0.29, 0.717) is 22.5 Å². The van der Waals surface area contributed by atoms with Gasteiger partial charge >= 0.3 is 5.97 Å². The fraction of sp³-hybridized carbons (Fsp3) is 0.500. The minimum atomic E-state index is -3.64. The molecule has 0 radical (unpaired) electrons. The van der Waals surface area contributed by atoms with Crippen molar-refractivity contribution in [1.29, 1.82) is 0 Å². The second kappa shape index (κ2) is 11.4. The van der Waals surface area contributed by atoms with Gasteiger partial charge in [-0.15, -0.1) is 0 Å². The molecule has 2 aromatic rings. The van der Waals surface area contributed by atoms with E-state index in [1.807, 2.05) is 13.8 Å². The Labute approximate surface area is 220 Å². The monoisotopic (exact) mass is 551 g/mol. The highest BCUT2D eigenvalue weighted by molar-refractivity contribution is 7.92. The summed E-state index contributed by atoms with van der Waals surface area (Å²) in [6.45, 7) is 14.2. The minimum absolute atomic E-state index is 0.0118. The van der Waals surface area contributed by atoms with Crippen LogP contribution in [0.25, 0.3) is 17.3 Å². The van der Waals surface area contributed by atoms with Crippen LogP contribution < -0.4 is 4.31 Å². The van der Waals surface area contributed by atoms with E-state index in [9.17, 15) is 22.7 Å². The summed E-state index contributed by atoms with van der Waals surface area (Å²) in [4.78, 5) is 20.7. The molecule has 0 aliphatic rings. The standard InChI is InChI=1S/C26H38FN3O5SSi/c1-17(2)23-21(15-14-20(16-22(31)32)35-37(8,9)26(3,4)5)24(18-10-12-19(27)13-11-18)29-25(28-23)30(6)36(7,33)34/h10-15,17,20H,16H2,1-9H3,(H,31,32)/t20-/m1/s1. The van der Waals surface area contributed by atoms with Gasteiger partial charge in [-0.05, 0) is 48.3 Å². The Morgan fingerprint density at radius 1 is 1.19 bits per heavy atom. The fourth-order valence-corrected chi connectivity index (χ4v) is 4.93. The van der Waals surface area contributed by atoms with Crippen molar-refractivity contribution < 1.29 is 27.1 Å². The van der Waals surface area contributed by atoms with E-state index in [1.54, 1.807) is 24.3 Å². The maximum Gasteiger partial charge on any atom is 0.306 e. The molecule has 0 saturated heterocycles. The SMILES string of the molecule is CC(C)c1nc(N(C)S(C)(=O)=O)nc(-c2ccc(F)cc2)c1C=C[C@H](CC(=O)O)O[Si](C)(C)C(C)(C)C. The lowest BCUT2D eigenvalue weighted by Crippen LogP contribution is -2.44. The Bertz CT molecular complexity index is 1260. The van der Waals surface area contributed by atoms with Gasteiger partial charge in [-0.25, -0.2) is 27.1 Å². The number of nitrogens with zero attached hydrogens (tertiary/aromatic N) is 3. The van der Waals surface area contributed by atoms with Gasteiger partial charge in [-0.2, -0.15) is 0 Å². The molecule has 1 atom stereocenters. The molecular weight excluding hydrogens is 513 g/mol. The van der Waals surface area contributed by atoms with Crippen molar-refractivity contribution >= 4 is 36.3 Å². The van der Waals surface area contributed by atoms with Crippen molar-refractivity contribution in [1.82, 2.24) is 9.97 Å². The molecule has 2 rings (SSSR count). The molecule has 204 valence electrons. The molecule has 0 fully saturated rings. The molecule has 37 heavy (non-hydrogen) atoms. The highest BCUT2D eigenvalue weighted by Crippen LogP contribution is 2.38. The maximum atomic E-state index is 13.7. The smallest absolute Gasteiger partial charge is 0.306 e. The number of hydrogen-bond acceptors (Lipinski definition) is 6. The number of aliphatic carboxylic acids is 1. The third kappa shape index (κ3) is 7.92. The summed E-state index contributed by atoms with van der Waals surface area (Å²) in [6, 6.07) is 5.72. The lowest BCUT2D eigenvalue weighted by molar-refractivity contribution is -0.138. The van der Waals surface area contributed by atoms with Crippen molar-refractivity contribution in [3.63, 3.8) is 0 Å². The summed E-state index contributed by atoms with van der Waals surface area (Å²) in [6.07, 6.45) is 3.58. The third-order valence-electron chi connectivity index (χ3n) is 6.51. The number of halogens is 1. The number of sulfonamides is 1. The van der Waals surface area contributed by atoms with Crippen LogP contribution >= 0.6 is 0 Å². The second-order valence-corrected chi connectivity index (χ2v) is 17.7. The van der Waals surface area contributed by atoms with Gasteiger partial charge in [0.15, 0.2) is 8.32 Å². The van der Waals surface area contributed by atoms with E-state index in [1.165, 1.54) is 19.2 Å². The number of hydrogen-bond donors (Lipinski definition) is 1. The normalized spacial score (nSPS) is 13.8. The van der Waals surface area contributed by atoms with Crippen molar-refractivity contribution in [2.75, 3.05) is 17.6 Å².